The molecule has 0 atom stereocenters. The molecule has 1 aliphatic heterocycles. The lowest BCUT2D eigenvalue weighted by atomic mass is 10.4. The summed E-state index contributed by atoms with van der Waals surface area (Å²) in [7, 11) is 0. The van der Waals surface area contributed by atoms with Crippen LogP contribution in [0, 0.1) is 5.21 Å². The number of hydroxylamine groups is 2. The number of piperazine rings is 1. The van der Waals surface area contributed by atoms with Gasteiger partial charge in [0.05, 0.1) is 26.2 Å². The molecular weight excluding hydrogens is 116 g/mol. The van der Waals surface area contributed by atoms with Crippen molar-refractivity contribution in [1.82, 2.24) is 4.90 Å². The van der Waals surface area contributed by atoms with E-state index in [1.807, 2.05) is 0 Å². The van der Waals surface area contributed by atoms with E-state index < -0.39 is 0 Å². The van der Waals surface area contributed by atoms with E-state index in [4.69, 9.17) is 0 Å². The van der Waals surface area contributed by atoms with Gasteiger partial charge in [-0.15, -0.1) is 0 Å². The maximum Gasteiger partial charge on any atom is 0.0946 e. The number of nitrogens with one attached hydrogen (secondary N) is 1. The molecule has 0 saturated carbocycles. The van der Waals surface area contributed by atoms with Gasteiger partial charge in [0.15, 0.2) is 0 Å². The van der Waals surface area contributed by atoms with Crippen LogP contribution >= 0.6 is 0 Å². The van der Waals surface area contributed by atoms with Crippen LogP contribution in [-0.2, 0) is 0 Å². The van der Waals surface area contributed by atoms with E-state index in [2.05, 4.69) is 11.5 Å². The highest BCUT2D eigenvalue weighted by Gasteiger charge is 2.09. The van der Waals surface area contributed by atoms with Crippen molar-refractivity contribution in [3.8, 4) is 0 Å². The summed E-state index contributed by atoms with van der Waals surface area (Å²) in [6.45, 7) is 6.75. The lowest BCUT2D eigenvalue weighted by Crippen LogP contribution is -3.10. The normalized spacial score (nSPS) is 22.1. The molecule has 1 fully saturated rings. The average molecular weight is 128 g/mol. The highest BCUT2D eigenvalue weighted by atomic mass is 16.5. The Morgan fingerprint density at radius 1 is 1.44 bits per heavy atom. The first-order valence-electron chi connectivity index (χ1n) is 3.21. The van der Waals surface area contributed by atoms with Gasteiger partial charge in [-0.1, -0.05) is 6.58 Å². The second kappa shape index (κ2) is 2.85. The van der Waals surface area contributed by atoms with Crippen LogP contribution in [0.1, 0.15) is 0 Å². The van der Waals surface area contributed by atoms with E-state index in [-0.39, 0.29) is 0 Å². The Hall–Kier alpha value is -0.540. The third kappa shape index (κ3) is 1.69. The summed E-state index contributed by atoms with van der Waals surface area (Å²) in [4.78, 5) is 2.07. The number of hydrogen-bond donors (Lipinski definition) is 1. The van der Waals surface area contributed by atoms with E-state index in [1.54, 1.807) is 6.20 Å². The molecule has 0 aromatic carbocycles. The summed E-state index contributed by atoms with van der Waals surface area (Å²) < 4.78 is 0. The third-order valence-corrected chi connectivity index (χ3v) is 1.61. The van der Waals surface area contributed by atoms with Gasteiger partial charge in [0.2, 0.25) is 0 Å². The first kappa shape index (κ1) is 6.58. The molecule has 1 heterocycles. The predicted octanol–water partition coefficient (Wildman–Crippen LogP) is -1.17. The second-order valence-corrected chi connectivity index (χ2v) is 2.26. The third-order valence-electron chi connectivity index (χ3n) is 1.61. The van der Waals surface area contributed by atoms with Crippen LogP contribution in [0.3, 0.4) is 0 Å². The lowest BCUT2D eigenvalue weighted by Gasteiger charge is -2.33. The van der Waals surface area contributed by atoms with Crippen LogP contribution in [-0.4, -0.2) is 31.1 Å². The van der Waals surface area contributed by atoms with Crippen LogP contribution in [0.25, 0.3) is 0 Å². The summed E-state index contributed by atoms with van der Waals surface area (Å²) in [6, 6.07) is 0. The van der Waals surface area contributed by atoms with Crippen molar-refractivity contribution in [3.05, 3.63) is 18.0 Å². The molecule has 0 radical (unpaired) electrons. The van der Waals surface area contributed by atoms with Gasteiger partial charge in [0.25, 0.3) is 0 Å². The fourth-order valence-electron chi connectivity index (χ4n) is 0.956. The summed E-state index contributed by atoms with van der Waals surface area (Å²) >= 11 is 0. The van der Waals surface area contributed by atoms with Crippen molar-refractivity contribution in [1.29, 1.82) is 0 Å². The van der Waals surface area contributed by atoms with Crippen molar-refractivity contribution in [3.63, 3.8) is 0 Å². The minimum absolute atomic E-state index is 0.383. The first-order valence-corrected chi connectivity index (χ1v) is 3.21. The summed E-state index contributed by atoms with van der Waals surface area (Å²) in [5, 5.41) is 11.0. The minimum atomic E-state index is 0.383. The Labute approximate surface area is 55.1 Å². The van der Waals surface area contributed by atoms with Gasteiger partial charge < -0.3 is 15.2 Å². The van der Waals surface area contributed by atoms with E-state index in [0.717, 1.165) is 13.1 Å². The zero-order chi connectivity index (χ0) is 6.69. The van der Waals surface area contributed by atoms with Gasteiger partial charge in [0, 0.05) is 0 Å². The van der Waals surface area contributed by atoms with Crippen molar-refractivity contribution in [2.75, 3.05) is 26.2 Å². The average Bonchev–Trinajstić information content (AvgIpc) is 1.90. The molecule has 0 bridgehead atoms. The SMILES string of the molecule is C=CN1CC[NH+]([O-])CC1. The topological polar surface area (TPSA) is 30.7 Å². The van der Waals surface area contributed by atoms with Gasteiger partial charge >= 0.3 is 0 Å². The van der Waals surface area contributed by atoms with Gasteiger partial charge in [0.1, 0.15) is 0 Å². The van der Waals surface area contributed by atoms with E-state index in [9.17, 15) is 5.21 Å². The van der Waals surface area contributed by atoms with Crippen molar-refractivity contribution in [2.24, 2.45) is 0 Å². The molecule has 0 aliphatic carbocycles. The van der Waals surface area contributed by atoms with Crippen LogP contribution in [0.2, 0.25) is 0 Å². The molecule has 1 rings (SSSR count). The molecule has 1 N–H and O–H groups in total. The monoisotopic (exact) mass is 128 g/mol. The number of rotatable bonds is 1. The molecule has 0 spiro atoms. The largest absolute Gasteiger partial charge is 0.634 e. The minimum Gasteiger partial charge on any atom is -0.634 e. The highest BCUT2D eigenvalue weighted by molar-refractivity contribution is 4.71. The zero-order valence-corrected chi connectivity index (χ0v) is 5.47. The lowest BCUT2D eigenvalue weighted by molar-refractivity contribution is -0.852. The molecule has 3 nitrogen and oxygen atoms in total. The highest BCUT2D eigenvalue weighted by Crippen LogP contribution is 1.86. The van der Waals surface area contributed by atoms with E-state index >= 15 is 0 Å². The predicted molar refractivity (Wildman–Crippen MR) is 35.8 cm³/mol. The van der Waals surface area contributed by atoms with Crippen LogP contribution in [0.5, 0.6) is 0 Å². The zero-order valence-electron chi connectivity index (χ0n) is 5.47. The molecule has 3 heteroatoms. The van der Waals surface area contributed by atoms with Crippen molar-refractivity contribution in [2.45, 2.75) is 0 Å². The second-order valence-electron chi connectivity index (χ2n) is 2.26. The number of hydrogen-bond acceptors (Lipinski definition) is 2. The smallest absolute Gasteiger partial charge is 0.0946 e. The Morgan fingerprint density at radius 3 is 2.44 bits per heavy atom. The molecule has 0 unspecified atom stereocenters. The van der Waals surface area contributed by atoms with Gasteiger partial charge in [-0.05, 0) is 6.20 Å². The Balaban J connectivity index is 2.26. The van der Waals surface area contributed by atoms with Gasteiger partial charge in [-0.25, -0.2) is 0 Å². The quantitative estimate of drug-likeness (QED) is 0.451. The fourth-order valence-corrected chi connectivity index (χ4v) is 0.956. The molecule has 0 aromatic rings. The Kier molecular flexibility index (Phi) is 2.08. The molecule has 52 valence electrons. The summed E-state index contributed by atoms with van der Waals surface area (Å²) in [5.74, 6) is 0. The standard InChI is InChI=1S/C6H12N2O/c1-2-7-3-5-8(9)6-4-7/h2,8H,1,3-6H2. The molecule has 1 saturated heterocycles. The van der Waals surface area contributed by atoms with E-state index in [1.165, 1.54) is 0 Å². The Morgan fingerprint density at radius 2 is 2.00 bits per heavy atom. The van der Waals surface area contributed by atoms with Crippen molar-refractivity contribution >= 4 is 0 Å². The first-order chi connectivity index (χ1) is 4.33. The van der Waals surface area contributed by atoms with Gasteiger partial charge in [-0.3, -0.25) is 0 Å². The summed E-state index contributed by atoms with van der Waals surface area (Å²) in [6.07, 6.45) is 1.80. The number of nitrogens with zero attached hydrogens (tertiary/aromatic N) is 1. The van der Waals surface area contributed by atoms with E-state index in [0.29, 0.717) is 18.2 Å². The molecular formula is C6H12N2O. The molecule has 0 aromatic heterocycles. The molecule has 0 amide bonds. The van der Waals surface area contributed by atoms with Crippen LogP contribution in [0.15, 0.2) is 12.8 Å². The molecule has 1 aliphatic rings. The maximum absolute atomic E-state index is 10.7. The molecule has 9 heavy (non-hydrogen) atoms. The van der Waals surface area contributed by atoms with Crippen LogP contribution < -0.4 is 5.06 Å². The van der Waals surface area contributed by atoms with Crippen molar-refractivity contribution < 1.29 is 5.06 Å². The maximum atomic E-state index is 10.7. The summed E-state index contributed by atoms with van der Waals surface area (Å²) in [5.41, 5.74) is 0. The van der Waals surface area contributed by atoms with Crippen LogP contribution in [0.4, 0.5) is 0 Å². The Bertz CT molecular complexity index is 97.2. The fraction of sp³-hybridized carbons (Fsp3) is 0.667. The van der Waals surface area contributed by atoms with Gasteiger partial charge in [-0.2, -0.15) is 0 Å². The number of quaternary nitrogens is 1.